The van der Waals surface area contributed by atoms with Gasteiger partial charge >= 0.3 is 0 Å². The smallest absolute Gasteiger partial charge is 0.221 e. The first-order valence-corrected chi connectivity index (χ1v) is 6.35. The van der Waals surface area contributed by atoms with Gasteiger partial charge in [-0.3, -0.25) is 4.79 Å². The van der Waals surface area contributed by atoms with Crippen LogP contribution < -0.4 is 10.6 Å². The van der Waals surface area contributed by atoms with E-state index in [-0.39, 0.29) is 17.0 Å². The Balaban J connectivity index is 2.66. The lowest BCUT2D eigenvalue weighted by molar-refractivity contribution is -0.120. The van der Waals surface area contributed by atoms with Crippen LogP contribution in [0.15, 0.2) is 18.2 Å². The minimum Gasteiger partial charge on any atom is -0.359 e. The summed E-state index contributed by atoms with van der Waals surface area (Å²) < 4.78 is 13.8. The average Bonchev–Trinajstić information content (AvgIpc) is 2.38. The monoisotopic (exact) mass is 272 g/mol. The normalized spacial score (nSPS) is 12.2. The van der Waals surface area contributed by atoms with Crippen LogP contribution in [0.4, 0.5) is 4.39 Å². The van der Waals surface area contributed by atoms with E-state index in [1.165, 1.54) is 6.07 Å². The van der Waals surface area contributed by atoms with Gasteiger partial charge in [0.2, 0.25) is 5.91 Å². The Morgan fingerprint density at radius 1 is 1.50 bits per heavy atom. The number of carbonyl (C=O) groups is 1. The number of rotatable bonds is 6. The fraction of sp³-hybridized carbons (Fsp3) is 0.462. The molecule has 0 aliphatic carbocycles. The molecule has 5 heteroatoms. The molecule has 0 aliphatic rings. The number of carbonyl (C=O) groups excluding carboxylic acids is 1. The number of nitrogens with one attached hydrogen (secondary N) is 2. The minimum atomic E-state index is -0.390. The van der Waals surface area contributed by atoms with Crippen molar-refractivity contribution < 1.29 is 9.18 Å². The third kappa shape index (κ3) is 3.96. The van der Waals surface area contributed by atoms with Crippen LogP contribution in [0.1, 0.15) is 31.4 Å². The first-order valence-electron chi connectivity index (χ1n) is 5.98. The summed E-state index contributed by atoms with van der Waals surface area (Å²) in [5.74, 6) is -0.428. The van der Waals surface area contributed by atoms with E-state index in [1.807, 2.05) is 6.92 Å². The van der Waals surface area contributed by atoms with Crippen molar-refractivity contribution in [2.24, 2.45) is 0 Å². The van der Waals surface area contributed by atoms with Gasteiger partial charge in [-0.05, 0) is 12.5 Å². The summed E-state index contributed by atoms with van der Waals surface area (Å²) in [7, 11) is 1.59. The number of hydrogen-bond donors (Lipinski definition) is 2. The van der Waals surface area contributed by atoms with Crippen LogP contribution >= 0.6 is 11.6 Å². The van der Waals surface area contributed by atoms with Crippen LogP contribution in [-0.4, -0.2) is 19.5 Å². The average molecular weight is 273 g/mol. The minimum absolute atomic E-state index is 0.0380. The highest BCUT2D eigenvalue weighted by Crippen LogP contribution is 2.25. The molecule has 0 unspecified atom stereocenters. The second-order valence-corrected chi connectivity index (χ2v) is 4.39. The highest BCUT2D eigenvalue weighted by atomic mass is 35.5. The van der Waals surface area contributed by atoms with Crippen molar-refractivity contribution in [2.75, 3.05) is 13.6 Å². The van der Waals surface area contributed by atoms with Crippen LogP contribution in [0.2, 0.25) is 5.02 Å². The van der Waals surface area contributed by atoms with Gasteiger partial charge < -0.3 is 10.6 Å². The first-order chi connectivity index (χ1) is 8.60. The van der Waals surface area contributed by atoms with E-state index >= 15 is 0 Å². The third-order valence-corrected chi connectivity index (χ3v) is 3.08. The van der Waals surface area contributed by atoms with Gasteiger partial charge in [0.25, 0.3) is 0 Å². The van der Waals surface area contributed by atoms with Crippen molar-refractivity contribution in [1.82, 2.24) is 10.6 Å². The summed E-state index contributed by atoms with van der Waals surface area (Å²) in [5.41, 5.74) is 0.543. The van der Waals surface area contributed by atoms with E-state index in [1.54, 1.807) is 19.2 Å². The molecule has 1 amide bonds. The van der Waals surface area contributed by atoms with E-state index in [9.17, 15) is 9.18 Å². The van der Waals surface area contributed by atoms with E-state index in [4.69, 9.17) is 11.6 Å². The van der Waals surface area contributed by atoms with Crippen LogP contribution in [0.5, 0.6) is 0 Å². The molecule has 1 aromatic carbocycles. The van der Waals surface area contributed by atoms with Crippen LogP contribution in [0.3, 0.4) is 0 Å². The molecule has 0 bridgehead atoms. The fourth-order valence-electron chi connectivity index (χ4n) is 1.75. The van der Waals surface area contributed by atoms with E-state index in [2.05, 4.69) is 10.6 Å². The zero-order valence-electron chi connectivity index (χ0n) is 10.6. The molecule has 0 radical (unpaired) electrons. The first kappa shape index (κ1) is 14.9. The number of amides is 1. The summed E-state index contributed by atoms with van der Waals surface area (Å²) >= 11 is 5.75. The molecule has 2 N–H and O–H groups in total. The summed E-state index contributed by atoms with van der Waals surface area (Å²) in [6.07, 6.45) is 1.10. The maximum Gasteiger partial charge on any atom is 0.221 e. The molecule has 0 saturated carbocycles. The molecule has 18 heavy (non-hydrogen) atoms. The van der Waals surface area contributed by atoms with Crippen molar-refractivity contribution in [1.29, 1.82) is 0 Å². The SMILES string of the molecule is CC[C@@H](NCCC(=O)NC)c1cccc(Cl)c1F. The predicted octanol–water partition coefficient (Wildman–Crippen LogP) is 2.66. The van der Waals surface area contributed by atoms with Crippen molar-refractivity contribution in [3.8, 4) is 0 Å². The Bertz CT molecular complexity index is 412. The molecule has 1 aromatic rings. The lowest BCUT2D eigenvalue weighted by Gasteiger charge is -2.18. The number of benzene rings is 1. The van der Waals surface area contributed by atoms with Crippen LogP contribution in [-0.2, 0) is 4.79 Å². The van der Waals surface area contributed by atoms with Gasteiger partial charge in [-0.25, -0.2) is 4.39 Å². The Kier molecular flexibility index (Phi) is 6.09. The highest BCUT2D eigenvalue weighted by Gasteiger charge is 2.15. The zero-order valence-corrected chi connectivity index (χ0v) is 11.4. The molecule has 0 aromatic heterocycles. The van der Waals surface area contributed by atoms with Gasteiger partial charge in [-0.15, -0.1) is 0 Å². The molecular weight excluding hydrogens is 255 g/mol. The number of halogens is 2. The summed E-state index contributed by atoms with van der Waals surface area (Å²) in [5, 5.41) is 5.83. The number of hydrogen-bond acceptors (Lipinski definition) is 2. The molecule has 1 rings (SSSR count). The van der Waals surface area contributed by atoms with Crippen LogP contribution in [0.25, 0.3) is 0 Å². The largest absolute Gasteiger partial charge is 0.359 e. The molecule has 1 atom stereocenters. The second-order valence-electron chi connectivity index (χ2n) is 3.98. The van der Waals surface area contributed by atoms with E-state index < -0.39 is 5.82 Å². The Labute approximate surface area is 112 Å². The fourth-order valence-corrected chi connectivity index (χ4v) is 1.93. The van der Waals surface area contributed by atoms with Gasteiger partial charge in [0.1, 0.15) is 5.82 Å². The molecule has 100 valence electrons. The van der Waals surface area contributed by atoms with Gasteiger partial charge in [-0.1, -0.05) is 30.7 Å². The van der Waals surface area contributed by atoms with Gasteiger partial charge in [0.05, 0.1) is 5.02 Å². The molecule has 0 fully saturated rings. The molecule has 0 saturated heterocycles. The van der Waals surface area contributed by atoms with Crippen molar-refractivity contribution >= 4 is 17.5 Å². The molecule has 0 aliphatic heterocycles. The Hall–Kier alpha value is -1.13. The second kappa shape index (κ2) is 7.34. The molecule has 3 nitrogen and oxygen atoms in total. The van der Waals surface area contributed by atoms with Gasteiger partial charge in [0, 0.05) is 31.6 Å². The standard InChI is InChI=1S/C13H18ClFN2O/c1-3-11(17-8-7-12(18)16-2)9-5-4-6-10(14)13(9)15/h4-6,11,17H,3,7-8H2,1-2H3,(H,16,18)/t11-/m1/s1. The summed E-state index contributed by atoms with van der Waals surface area (Å²) in [6.45, 7) is 2.46. The summed E-state index contributed by atoms with van der Waals surface area (Å²) in [4.78, 5) is 11.1. The van der Waals surface area contributed by atoms with Crippen molar-refractivity contribution in [2.45, 2.75) is 25.8 Å². The maximum absolute atomic E-state index is 13.8. The maximum atomic E-state index is 13.8. The van der Waals surface area contributed by atoms with E-state index in [0.717, 1.165) is 6.42 Å². The lowest BCUT2D eigenvalue weighted by atomic mass is 10.0. The zero-order chi connectivity index (χ0) is 13.5. The highest BCUT2D eigenvalue weighted by molar-refractivity contribution is 6.30. The van der Waals surface area contributed by atoms with Gasteiger partial charge in [0.15, 0.2) is 0 Å². The molecule has 0 spiro atoms. The van der Waals surface area contributed by atoms with E-state index in [0.29, 0.717) is 18.5 Å². The molecular formula is C13H18ClFN2O. The van der Waals surface area contributed by atoms with Crippen molar-refractivity contribution in [3.63, 3.8) is 0 Å². The topological polar surface area (TPSA) is 41.1 Å². The van der Waals surface area contributed by atoms with Crippen LogP contribution in [0, 0.1) is 5.82 Å². The van der Waals surface area contributed by atoms with Gasteiger partial charge in [-0.2, -0.15) is 0 Å². The Morgan fingerprint density at radius 2 is 2.22 bits per heavy atom. The van der Waals surface area contributed by atoms with Crippen molar-refractivity contribution in [3.05, 3.63) is 34.6 Å². The lowest BCUT2D eigenvalue weighted by Crippen LogP contribution is -2.28. The summed E-state index contributed by atoms with van der Waals surface area (Å²) in [6, 6.07) is 4.83. The quantitative estimate of drug-likeness (QED) is 0.836. The predicted molar refractivity (Wildman–Crippen MR) is 71.1 cm³/mol. The Morgan fingerprint density at radius 3 is 2.83 bits per heavy atom. The third-order valence-electron chi connectivity index (χ3n) is 2.79. The molecule has 0 heterocycles.